The predicted molar refractivity (Wildman–Crippen MR) is 78.0 cm³/mol. The van der Waals surface area contributed by atoms with Gasteiger partial charge in [0.1, 0.15) is 11.2 Å². The summed E-state index contributed by atoms with van der Waals surface area (Å²) in [5, 5.41) is 9.70. The van der Waals surface area contributed by atoms with E-state index < -0.39 is 5.97 Å². The number of carboxylic acid groups (broad SMARTS) is 1. The lowest BCUT2D eigenvalue weighted by Crippen LogP contribution is -2.02. The minimum absolute atomic E-state index is 0.0188. The highest BCUT2D eigenvalue weighted by Gasteiger charge is 2.11. The van der Waals surface area contributed by atoms with E-state index in [1.807, 2.05) is 0 Å². The summed E-state index contributed by atoms with van der Waals surface area (Å²) in [5.74, 6) is -0.661. The number of nitrogens with zero attached hydrogens (tertiary/aromatic N) is 2. The van der Waals surface area contributed by atoms with Crippen LogP contribution in [0.2, 0.25) is 10.0 Å². The lowest BCUT2D eigenvalue weighted by Gasteiger charge is -1.98. The highest BCUT2D eigenvalue weighted by atomic mass is 35.5. The summed E-state index contributed by atoms with van der Waals surface area (Å²) >= 11 is 11.8. The quantitative estimate of drug-likeness (QED) is 0.793. The fraction of sp³-hybridized carbons (Fsp3) is 0.0714. The van der Waals surface area contributed by atoms with Gasteiger partial charge in [0.05, 0.1) is 22.2 Å². The van der Waals surface area contributed by atoms with Crippen molar-refractivity contribution in [2.75, 3.05) is 0 Å². The van der Waals surface area contributed by atoms with Gasteiger partial charge in [-0.25, -0.2) is 14.8 Å². The van der Waals surface area contributed by atoms with E-state index in [2.05, 4.69) is 9.97 Å². The summed E-state index contributed by atoms with van der Waals surface area (Å²) < 4.78 is 5.57. The number of aromatic nitrogens is 2. The molecule has 2 aromatic heterocycles. The van der Waals surface area contributed by atoms with Crippen LogP contribution < -0.4 is 0 Å². The first-order valence-electron chi connectivity index (χ1n) is 5.96. The molecular weight excluding hydrogens is 315 g/mol. The maximum atomic E-state index is 10.9. The second kappa shape index (κ2) is 5.35. The molecule has 0 saturated carbocycles. The van der Waals surface area contributed by atoms with Crippen LogP contribution in [-0.2, 0) is 6.42 Å². The zero-order valence-corrected chi connectivity index (χ0v) is 12.0. The SMILES string of the molecule is O=C(O)c1cccc(Cc2nc3cc(Cl)c(Cl)cc3o2)n1. The Hall–Kier alpha value is -2.11. The van der Waals surface area contributed by atoms with Gasteiger partial charge in [0.25, 0.3) is 0 Å². The van der Waals surface area contributed by atoms with Crippen molar-refractivity contribution in [1.82, 2.24) is 9.97 Å². The number of hydrogen-bond donors (Lipinski definition) is 1. The van der Waals surface area contributed by atoms with Gasteiger partial charge in [-0.1, -0.05) is 29.3 Å². The highest BCUT2D eigenvalue weighted by molar-refractivity contribution is 6.42. The molecule has 5 nitrogen and oxygen atoms in total. The van der Waals surface area contributed by atoms with Crippen LogP contribution in [0.4, 0.5) is 0 Å². The summed E-state index contributed by atoms with van der Waals surface area (Å²) in [6.45, 7) is 0. The first-order valence-corrected chi connectivity index (χ1v) is 6.72. The molecule has 0 spiro atoms. The summed E-state index contributed by atoms with van der Waals surface area (Å²) in [7, 11) is 0. The number of carboxylic acids is 1. The third-order valence-corrected chi connectivity index (χ3v) is 3.56. The van der Waals surface area contributed by atoms with Gasteiger partial charge in [-0.2, -0.15) is 0 Å². The highest BCUT2D eigenvalue weighted by Crippen LogP contribution is 2.28. The van der Waals surface area contributed by atoms with E-state index in [1.165, 1.54) is 6.07 Å². The first-order chi connectivity index (χ1) is 10.0. The van der Waals surface area contributed by atoms with E-state index in [-0.39, 0.29) is 12.1 Å². The average molecular weight is 323 g/mol. The Labute approximate surface area is 129 Å². The fourth-order valence-electron chi connectivity index (χ4n) is 1.90. The molecule has 0 atom stereocenters. The molecule has 0 aliphatic carbocycles. The number of rotatable bonds is 3. The molecule has 0 aliphatic heterocycles. The topological polar surface area (TPSA) is 76.2 Å². The number of benzene rings is 1. The van der Waals surface area contributed by atoms with Gasteiger partial charge < -0.3 is 9.52 Å². The molecule has 0 amide bonds. The zero-order chi connectivity index (χ0) is 15.0. The standard InChI is InChI=1S/C14H8Cl2N2O3/c15-8-5-11-12(6-9(8)16)21-13(18-11)4-7-2-1-3-10(17-7)14(19)20/h1-3,5-6H,4H2,(H,19,20). The number of aromatic carboxylic acids is 1. The normalized spacial score (nSPS) is 11.0. The van der Waals surface area contributed by atoms with Crippen molar-refractivity contribution in [1.29, 1.82) is 0 Å². The lowest BCUT2D eigenvalue weighted by atomic mass is 10.2. The van der Waals surface area contributed by atoms with Crippen molar-refractivity contribution in [3.05, 3.63) is 57.7 Å². The van der Waals surface area contributed by atoms with Gasteiger partial charge in [-0.05, 0) is 18.2 Å². The Morgan fingerprint density at radius 2 is 1.95 bits per heavy atom. The first kappa shape index (κ1) is 13.9. The minimum atomic E-state index is -1.08. The van der Waals surface area contributed by atoms with Crippen molar-refractivity contribution in [2.24, 2.45) is 0 Å². The molecule has 0 radical (unpaired) electrons. The predicted octanol–water partition coefficient (Wildman–Crippen LogP) is 3.82. The van der Waals surface area contributed by atoms with Crippen LogP contribution >= 0.6 is 23.2 Å². The van der Waals surface area contributed by atoms with Gasteiger partial charge in [0, 0.05) is 6.07 Å². The summed E-state index contributed by atoms with van der Waals surface area (Å²) in [6, 6.07) is 7.98. The van der Waals surface area contributed by atoms with Crippen LogP contribution in [0.25, 0.3) is 11.1 Å². The van der Waals surface area contributed by atoms with Crippen molar-refractivity contribution in [2.45, 2.75) is 6.42 Å². The second-order valence-corrected chi connectivity index (χ2v) is 5.15. The molecule has 0 fully saturated rings. The number of fused-ring (bicyclic) bond motifs is 1. The van der Waals surface area contributed by atoms with E-state index in [0.717, 1.165) is 0 Å². The Balaban J connectivity index is 1.94. The maximum Gasteiger partial charge on any atom is 0.354 e. The van der Waals surface area contributed by atoms with Crippen LogP contribution in [0.5, 0.6) is 0 Å². The lowest BCUT2D eigenvalue weighted by molar-refractivity contribution is 0.0690. The molecule has 106 valence electrons. The molecule has 0 unspecified atom stereocenters. The van der Waals surface area contributed by atoms with Gasteiger partial charge >= 0.3 is 5.97 Å². The van der Waals surface area contributed by atoms with Crippen LogP contribution in [0.1, 0.15) is 22.1 Å². The number of carbonyl (C=O) groups is 1. The fourth-order valence-corrected chi connectivity index (χ4v) is 2.21. The molecule has 1 aromatic carbocycles. The Kier molecular flexibility index (Phi) is 3.53. The molecule has 0 aliphatic rings. The maximum absolute atomic E-state index is 10.9. The number of halogens is 2. The number of hydrogen-bond acceptors (Lipinski definition) is 4. The summed E-state index contributed by atoms with van der Waals surface area (Å²) in [6.07, 6.45) is 0.283. The van der Waals surface area contributed by atoms with E-state index in [9.17, 15) is 4.79 Å². The number of oxazole rings is 1. The average Bonchev–Trinajstić information content (AvgIpc) is 2.80. The van der Waals surface area contributed by atoms with E-state index in [0.29, 0.717) is 32.7 Å². The largest absolute Gasteiger partial charge is 0.477 e. The van der Waals surface area contributed by atoms with Crippen molar-refractivity contribution < 1.29 is 14.3 Å². The van der Waals surface area contributed by atoms with Gasteiger partial charge in [-0.3, -0.25) is 0 Å². The van der Waals surface area contributed by atoms with Gasteiger partial charge in [0.2, 0.25) is 5.89 Å². The third-order valence-electron chi connectivity index (χ3n) is 2.83. The molecule has 3 rings (SSSR count). The summed E-state index contributed by atoms with van der Waals surface area (Å²) in [4.78, 5) is 19.2. The van der Waals surface area contributed by atoms with Crippen LogP contribution in [0, 0.1) is 0 Å². The molecule has 7 heteroatoms. The zero-order valence-electron chi connectivity index (χ0n) is 10.5. The minimum Gasteiger partial charge on any atom is -0.477 e. The van der Waals surface area contributed by atoms with Crippen LogP contribution in [0.15, 0.2) is 34.7 Å². The van der Waals surface area contributed by atoms with Gasteiger partial charge in [-0.15, -0.1) is 0 Å². The smallest absolute Gasteiger partial charge is 0.354 e. The van der Waals surface area contributed by atoms with Crippen LogP contribution in [0.3, 0.4) is 0 Å². The van der Waals surface area contributed by atoms with Crippen molar-refractivity contribution in [3.63, 3.8) is 0 Å². The summed E-state index contributed by atoms with van der Waals surface area (Å²) in [5.41, 5.74) is 1.65. The van der Waals surface area contributed by atoms with Crippen molar-refractivity contribution >= 4 is 40.3 Å². The van der Waals surface area contributed by atoms with E-state index in [1.54, 1.807) is 24.3 Å². The van der Waals surface area contributed by atoms with E-state index >= 15 is 0 Å². The molecule has 0 saturated heterocycles. The molecular formula is C14H8Cl2N2O3. The van der Waals surface area contributed by atoms with E-state index in [4.69, 9.17) is 32.7 Å². The molecule has 21 heavy (non-hydrogen) atoms. The second-order valence-electron chi connectivity index (χ2n) is 4.34. The molecule has 0 bridgehead atoms. The molecule has 2 heterocycles. The Morgan fingerprint density at radius 3 is 2.71 bits per heavy atom. The Morgan fingerprint density at radius 1 is 1.19 bits per heavy atom. The van der Waals surface area contributed by atoms with Crippen LogP contribution in [-0.4, -0.2) is 21.0 Å². The van der Waals surface area contributed by atoms with Gasteiger partial charge in [0.15, 0.2) is 5.58 Å². The Bertz CT molecular complexity index is 806. The number of pyridine rings is 1. The van der Waals surface area contributed by atoms with Crippen molar-refractivity contribution in [3.8, 4) is 0 Å². The molecule has 1 N–H and O–H groups in total. The third kappa shape index (κ3) is 2.84. The molecule has 3 aromatic rings. The monoisotopic (exact) mass is 322 g/mol.